The van der Waals surface area contributed by atoms with Crippen molar-refractivity contribution in [2.45, 2.75) is 10.8 Å². The second-order valence-electron chi connectivity index (χ2n) is 5.80. The molecular formula is C21H14Cl2N2S. The molecular weight excluding hydrogens is 383 g/mol. The summed E-state index contributed by atoms with van der Waals surface area (Å²) in [4.78, 5) is 0. The number of fused-ring (bicyclic) bond motifs is 1. The molecule has 0 fully saturated rings. The molecule has 0 spiro atoms. The third kappa shape index (κ3) is 3.56. The SMILES string of the molecule is Clc1ccc(CSc2nnc(-c3ccccc3)c3ccccc23)cc1Cl. The summed E-state index contributed by atoms with van der Waals surface area (Å²) in [6, 6.07) is 24.1. The van der Waals surface area contributed by atoms with Crippen LogP contribution >= 0.6 is 35.0 Å². The smallest absolute Gasteiger partial charge is 0.127 e. The van der Waals surface area contributed by atoms with Crippen molar-refractivity contribution in [2.75, 3.05) is 0 Å². The Morgan fingerprint density at radius 3 is 2.23 bits per heavy atom. The van der Waals surface area contributed by atoms with Crippen molar-refractivity contribution in [1.82, 2.24) is 10.2 Å². The van der Waals surface area contributed by atoms with E-state index in [-0.39, 0.29) is 0 Å². The quantitative estimate of drug-likeness (QED) is 0.351. The molecule has 0 unspecified atom stereocenters. The number of rotatable bonds is 4. The summed E-state index contributed by atoms with van der Waals surface area (Å²) in [6.07, 6.45) is 0. The van der Waals surface area contributed by atoms with Gasteiger partial charge in [0.05, 0.1) is 10.0 Å². The Bertz CT molecular complexity index is 1070. The lowest BCUT2D eigenvalue weighted by Gasteiger charge is -2.09. The normalized spacial score (nSPS) is 11.0. The van der Waals surface area contributed by atoms with Gasteiger partial charge in [-0.2, -0.15) is 0 Å². The van der Waals surface area contributed by atoms with Gasteiger partial charge in [0.1, 0.15) is 10.7 Å². The fourth-order valence-corrected chi connectivity index (χ4v) is 4.01. The summed E-state index contributed by atoms with van der Waals surface area (Å²) in [6.45, 7) is 0. The Labute approximate surface area is 166 Å². The minimum absolute atomic E-state index is 0.567. The zero-order chi connectivity index (χ0) is 17.9. The largest absolute Gasteiger partial charge is 0.149 e. The van der Waals surface area contributed by atoms with E-state index in [9.17, 15) is 0 Å². The van der Waals surface area contributed by atoms with Gasteiger partial charge >= 0.3 is 0 Å². The van der Waals surface area contributed by atoms with Crippen molar-refractivity contribution in [2.24, 2.45) is 0 Å². The average Bonchev–Trinajstić information content (AvgIpc) is 2.69. The van der Waals surface area contributed by atoms with Gasteiger partial charge in [0.15, 0.2) is 0 Å². The number of benzene rings is 3. The van der Waals surface area contributed by atoms with Crippen molar-refractivity contribution in [1.29, 1.82) is 0 Å². The van der Waals surface area contributed by atoms with Gasteiger partial charge in [-0.15, -0.1) is 10.2 Å². The summed E-state index contributed by atoms with van der Waals surface area (Å²) in [7, 11) is 0. The van der Waals surface area contributed by atoms with Crippen LogP contribution in [0, 0.1) is 0 Å². The molecule has 0 radical (unpaired) electrons. The molecule has 5 heteroatoms. The molecule has 0 aliphatic carbocycles. The van der Waals surface area contributed by atoms with Crippen LogP contribution < -0.4 is 0 Å². The summed E-state index contributed by atoms with van der Waals surface area (Å²) in [5, 5.41) is 13.2. The summed E-state index contributed by atoms with van der Waals surface area (Å²) >= 11 is 13.7. The van der Waals surface area contributed by atoms with Crippen molar-refractivity contribution in [3.8, 4) is 11.3 Å². The Balaban J connectivity index is 1.69. The molecule has 0 saturated carbocycles. The molecule has 26 heavy (non-hydrogen) atoms. The van der Waals surface area contributed by atoms with E-state index in [1.54, 1.807) is 11.8 Å². The van der Waals surface area contributed by atoms with Crippen LogP contribution in [0.3, 0.4) is 0 Å². The molecule has 0 aliphatic rings. The number of thioether (sulfide) groups is 1. The van der Waals surface area contributed by atoms with Crippen LogP contribution in [0.2, 0.25) is 10.0 Å². The summed E-state index contributed by atoms with van der Waals surface area (Å²) in [5.74, 6) is 0.750. The van der Waals surface area contributed by atoms with Crippen molar-refractivity contribution in [3.63, 3.8) is 0 Å². The molecule has 0 aliphatic heterocycles. The second kappa shape index (κ2) is 7.67. The van der Waals surface area contributed by atoms with Gasteiger partial charge in [-0.05, 0) is 17.7 Å². The molecule has 2 nitrogen and oxygen atoms in total. The maximum absolute atomic E-state index is 6.11. The lowest BCUT2D eigenvalue weighted by atomic mass is 10.1. The molecule has 1 heterocycles. The highest BCUT2D eigenvalue weighted by molar-refractivity contribution is 7.98. The first kappa shape index (κ1) is 17.3. The van der Waals surface area contributed by atoms with Crippen LogP contribution in [0.25, 0.3) is 22.0 Å². The Hall–Kier alpha value is -2.07. The highest BCUT2D eigenvalue weighted by Gasteiger charge is 2.11. The summed E-state index contributed by atoms with van der Waals surface area (Å²) in [5.41, 5.74) is 3.07. The molecule has 1 aromatic heterocycles. The monoisotopic (exact) mass is 396 g/mol. The molecule has 128 valence electrons. The number of aromatic nitrogens is 2. The topological polar surface area (TPSA) is 25.8 Å². The van der Waals surface area contributed by atoms with Crippen LogP contribution in [0.4, 0.5) is 0 Å². The zero-order valence-corrected chi connectivity index (χ0v) is 16.0. The van der Waals surface area contributed by atoms with Crippen LogP contribution in [0.5, 0.6) is 0 Å². The van der Waals surface area contributed by atoms with Crippen LogP contribution in [0.1, 0.15) is 5.56 Å². The molecule has 0 atom stereocenters. The van der Waals surface area contributed by atoms with E-state index < -0.39 is 0 Å². The van der Waals surface area contributed by atoms with E-state index in [4.69, 9.17) is 23.2 Å². The third-order valence-electron chi connectivity index (χ3n) is 4.06. The predicted octanol–water partition coefficient (Wildman–Crippen LogP) is 6.90. The Kier molecular flexibility index (Phi) is 5.11. The molecule has 0 saturated heterocycles. The van der Waals surface area contributed by atoms with Gasteiger partial charge in [0, 0.05) is 22.1 Å². The molecule has 3 aromatic carbocycles. The fourth-order valence-electron chi connectivity index (χ4n) is 2.78. The van der Waals surface area contributed by atoms with E-state index in [1.807, 2.05) is 48.5 Å². The number of hydrogen-bond donors (Lipinski definition) is 0. The molecule has 0 N–H and O–H groups in total. The second-order valence-corrected chi connectivity index (χ2v) is 7.58. The molecule has 4 rings (SSSR count). The van der Waals surface area contributed by atoms with Gasteiger partial charge < -0.3 is 0 Å². The average molecular weight is 397 g/mol. The number of halogens is 2. The van der Waals surface area contributed by atoms with Crippen LogP contribution in [-0.4, -0.2) is 10.2 Å². The fraction of sp³-hybridized carbons (Fsp3) is 0.0476. The first-order valence-electron chi connectivity index (χ1n) is 8.10. The minimum Gasteiger partial charge on any atom is -0.149 e. The first-order valence-corrected chi connectivity index (χ1v) is 9.84. The van der Waals surface area contributed by atoms with E-state index in [2.05, 4.69) is 34.5 Å². The standard InChI is InChI=1S/C21H14Cl2N2S/c22-18-11-10-14(12-19(18)23)13-26-21-17-9-5-4-8-16(17)20(24-25-21)15-6-2-1-3-7-15/h1-12H,13H2. The zero-order valence-electron chi connectivity index (χ0n) is 13.7. The highest BCUT2D eigenvalue weighted by Crippen LogP contribution is 2.33. The lowest BCUT2D eigenvalue weighted by Crippen LogP contribution is -1.94. The maximum atomic E-state index is 6.11. The number of nitrogens with zero attached hydrogens (tertiary/aromatic N) is 2. The molecule has 0 amide bonds. The first-order chi connectivity index (χ1) is 12.7. The minimum atomic E-state index is 0.567. The summed E-state index contributed by atoms with van der Waals surface area (Å²) < 4.78 is 0. The van der Waals surface area contributed by atoms with Gasteiger partial charge in [-0.1, -0.05) is 95.6 Å². The van der Waals surface area contributed by atoms with Gasteiger partial charge in [0.25, 0.3) is 0 Å². The third-order valence-corrected chi connectivity index (χ3v) is 5.85. The van der Waals surface area contributed by atoms with Crippen molar-refractivity contribution in [3.05, 3.63) is 88.4 Å². The molecule has 4 aromatic rings. The lowest BCUT2D eigenvalue weighted by molar-refractivity contribution is 0.961. The predicted molar refractivity (Wildman–Crippen MR) is 111 cm³/mol. The van der Waals surface area contributed by atoms with E-state index in [0.717, 1.165) is 38.4 Å². The van der Waals surface area contributed by atoms with Crippen molar-refractivity contribution >= 4 is 45.7 Å². The van der Waals surface area contributed by atoms with Crippen LogP contribution in [-0.2, 0) is 5.75 Å². The van der Waals surface area contributed by atoms with E-state index in [0.29, 0.717) is 10.0 Å². The van der Waals surface area contributed by atoms with E-state index >= 15 is 0 Å². The van der Waals surface area contributed by atoms with Gasteiger partial charge in [-0.3, -0.25) is 0 Å². The number of hydrogen-bond acceptors (Lipinski definition) is 3. The van der Waals surface area contributed by atoms with Crippen LogP contribution in [0.15, 0.2) is 77.8 Å². The Morgan fingerprint density at radius 2 is 1.46 bits per heavy atom. The van der Waals surface area contributed by atoms with E-state index in [1.165, 1.54) is 0 Å². The highest BCUT2D eigenvalue weighted by atomic mass is 35.5. The van der Waals surface area contributed by atoms with Crippen molar-refractivity contribution < 1.29 is 0 Å². The molecule has 0 bridgehead atoms. The van der Waals surface area contributed by atoms with Gasteiger partial charge in [0.2, 0.25) is 0 Å². The Morgan fingerprint density at radius 1 is 0.731 bits per heavy atom. The maximum Gasteiger partial charge on any atom is 0.127 e. The van der Waals surface area contributed by atoms with Gasteiger partial charge in [-0.25, -0.2) is 0 Å².